The molecule has 0 fully saturated rings. The number of nitrogens with one attached hydrogen (secondary N) is 1. The summed E-state index contributed by atoms with van der Waals surface area (Å²) < 4.78 is 21.1. The van der Waals surface area contributed by atoms with Crippen LogP contribution in [0, 0.1) is 5.41 Å². The van der Waals surface area contributed by atoms with Gasteiger partial charge in [0, 0.05) is 48.8 Å². The van der Waals surface area contributed by atoms with Crippen LogP contribution in [0.1, 0.15) is 49.9 Å². The molecule has 46 heavy (non-hydrogen) atoms. The molecular weight excluding hydrogens is 582 g/mol. The summed E-state index contributed by atoms with van der Waals surface area (Å²) in [5, 5.41) is 7.10. The van der Waals surface area contributed by atoms with Gasteiger partial charge < -0.3 is 29.6 Å². The van der Waals surface area contributed by atoms with Crippen molar-refractivity contribution in [1.29, 1.82) is 5.41 Å². The third-order valence-electron chi connectivity index (χ3n) is 6.86. The Kier molecular flexibility index (Phi) is 13.8. The van der Waals surface area contributed by atoms with Gasteiger partial charge in [-0.15, -0.1) is 0 Å². The highest BCUT2D eigenvalue weighted by Gasteiger charge is 2.20. The Morgan fingerprint density at radius 3 is 2.02 bits per heavy atom. The smallest absolute Gasteiger partial charge is 0.224 e. The SMILES string of the molecule is CCOC1=CCC/C(=C\N(C)C)C1=O.CCOC1=CCCc2cnc(-c3ccc(OC)cc3)nc21.COc1ccc(C(=N)N)cc1. The topological polar surface area (TPSA) is 133 Å². The first kappa shape index (κ1) is 35.4. The van der Waals surface area contributed by atoms with E-state index >= 15 is 0 Å². The molecule has 0 saturated heterocycles. The van der Waals surface area contributed by atoms with Crippen LogP contribution in [0.25, 0.3) is 17.1 Å². The number of carbonyl (C=O) groups is 1. The molecule has 2 aromatic carbocycles. The zero-order chi connectivity index (χ0) is 33.5. The fraction of sp³-hybridized carbons (Fsp3) is 0.333. The van der Waals surface area contributed by atoms with Gasteiger partial charge >= 0.3 is 0 Å². The van der Waals surface area contributed by atoms with Crippen LogP contribution in [0.4, 0.5) is 0 Å². The molecule has 2 aliphatic carbocycles. The Labute approximate surface area is 272 Å². The molecule has 0 unspecified atom stereocenters. The number of Topliss-reactive ketones (excluding diaryl/α,β-unsaturated/α-hetero) is 1. The van der Waals surface area contributed by atoms with Crippen LogP contribution in [0.2, 0.25) is 0 Å². The van der Waals surface area contributed by atoms with Gasteiger partial charge in [-0.3, -0.25) is 10.2 Å². The summed E-state index contributed by atoms with van der Waals surface area (Å²) in [6, 6.07) is 14.8. The number of carbonyl (C=O) groups excluding carboxylic acids is 1. The highest BCUT2D eigenvalue weighted by Crippen LogP contribution is 2.28. The van der Waals surface area contributed by atoms with E-state index in [9.17, 15) is 4.79 Å². The number of hydrogen-bond acceptors (Lipinski definition) is 9. The molecule has 0 bridgehead atoms. The number of allylic oxidation sites excluding steroid dienone is 3. The number of nitrogens with zero attached hydrogens (tertiary/aromatic N) is 3. The lowest BCUT2D eigenvalue weighted by molar-refractivity contribution is -0.115. The van der Waals surface area contributed by atoms with Crippen LogP contribution in [0.15, 0.2) is 84.4 Å². The predicted octanol–water partition coefficient (Wildman–Crippen LogP) is 6.17. The predicted molar refractivity (Wildman–Crippen MR) is 182 cm³/mol. The summed E-state index contributed by atoms with van der Waals surface area (Å²) in [6.07, 6.45) is 11.4. The first-order valence-electron chi connectivity index (χ1n) is 15.3. The Bertz CT molecular complexity index is 1540. The molecule has 2 aliphatic rings. The average molecular weight is 628 g/mol. The van der Waals surface area contributed by atoms with Gasteiger partial charge in [-0.05, 0) is 100 Å². The lowest BCUT2D eigenvalue weighted by Crippen LogP contribution is -2.16. The largest absolute Gasteiger partial charge is 0.497 e. The summed E-state index contributed by atoms with van der Waals surface area (Å²) in [5.74, 6) is 3.80. The maximum Gasteiger partial charge on any atom is 0.224 e. The number of ketones is 1. The summed E-state index contributed by atoms with van der Waals surface area (Å²) in [7, 11) is 7.09. The number of hydrogen-bond donors (Lipinski definition) is 2. The molecule has 10 nitrogen and oxygen atoms in total. The maximum atomic E-state index is 11.8. The highest BCUT2D eigenvalue weighted by molar-refractivity contribution is 6.07. The molecule has 10 heteroatoms. The van der Waals surface area contributed by atoms with E-state index in [4.69, 9.17) is 35.1 Å². The van der Waals surface area contributed by atoms with Crippen molar-refractivity contribution >= 4 is 17.4 Å². The van der Waals surface area contributed by atoms with Gasteiger partial charge in [-0.1, -0.05) is 0 Å². The number of ether oxygens (including phenoxy) is 4. The summed E-state index contributed by atoms with van der Waals surface area (Å²) >= 11 is 0. The first-order chi connectivity index (χ1) is 22.2. The van der Waals surface area contributed by atoms with E-state index in [1.165, 1.54) is 0 Å². The molecule has 0 atom stereocenters. The van der Waals surface area contributed by atoms with Gasteiger partial charge in [0.05, 0.1) is 27.4 Å². The van der Waals surface area contributed by atoms with Crippen molar-refractivity contribution in [1.82, 2.24) is 14.9 Å². The first-order valence-corrected chi connectivity index (χ1v) is 15.3. The normalized spacial score (nSPS) is 14.2. The van der Waals surface area contributed by atoms with Crippen molar-refractivity contribution in [2.24, 2.45) is 5.73 Å². The minimum atomic E-state index is 0.0341. The Morgan fingerprint density at radius 2 is 1.46 bits per heavy atom. The molecule has 3 aromatic rings. The molecule has 0 radical (unpaired) electrons. The number of aromatic nitrogens is 2. The van der Waals surface area contributed by atoms with E-state index in [2.05, 4.69) is 11.1 Å². The molecule has 0 spiro atoms. The van der Waals surface area contributed by atoms with Crippen LogP contribution in [-0.2, 0) is 20.7 Å². The zero-order valence-corrected chi connectivity index (χ0v) is 27.6. The van der Waals surface area contributed by atoms with Gasteiger partial charge in [0.2, 0.25) is 5.78 Å². The monoisotopic (exact) mass is 627 g/mol. The number of amidine groups is 1. The Morgan fingerprint density at radius 1 is 0.891 bits per heavy atom. The summed E-state index contributed by atoms with van der Waals surface area (Å²) in [4.78, 5) is 22.8. The molecule has 5 rings (SSSR count). The Hall–Kier alpha value is -5.12. The minimum Gasteiger partial charge on any atom is -0.497 e. The standard InChI is InChI=1S/C17H18N2O2.C11H17NO2.C8H10N2O/c1-3-21-15-6-4-5-13-11-18-17(19-16(13)15)12-7-9-14(20-2)10-8-12;1-4-14-10-7-5-6-9(11(10)13)8-12(2)3;1-11-7-4-2-6(3-5-7)8(9)10/h6-11H,3-5H2,1-2H3;7-8H,4-6H2,1-3H3;2-5H,1H3,(H3,9,10)/b;9-8+;. The van der Waals surface area contributed by atoms with Crippen molar-refractivity contribution in [3.8, 4) is 22.9 Å². The number of rotatable bonds is 9. The lowest BCUT2D eigenvalue weighted by atomic mass is 9.99. The van der Waals surface area contributed by atoms with Crippen LogP contribution < -0.4 is 15.2 Å². The van der Waals surface area contributed by atoms with Gasteiger partial charge in [0.1, 0.15) is 28.8 Å². The third kappa shape index (κ3) is 10.2. The van der Waals surface area contributed by atoms with Gasteiger partial charge in [-0.2, -0.15) is 0 Å². The number of fused-ring (bicyclic) bond motifs is 1. The van der Waals surface area contributed by atoms with E-state index in [0.29, 0.717) is 30.4 Å². The zero-order valence-electron chi connectivity index (χ0n) is 27.6. The molecule has 3 N–H and O–H groups in total. The number of benzene rings is 2. The molecular formula is C36H45N5O5. The van der Waals surface area contributed by atoms with Gasteiger partial charge in [-0.25, -0.2) is 9.97 Å². The second-order valence-corrected chi connectivity index (χ2v) is 10.5. The quantitative estimate of drug-likeness (QED) is 0.162. The molecule has 244 valence electrons. The highest BCUT2D eigenvalue weighted by atomic mass is 16.5. The van der Waals surface area contributed by atoms with Crippen LogP contribution >= 0.6 is 0 Å². The second kappa shape index (κ2) is 18.0. The van der Waals surface area contributed by atoms with Crippen molar-refractivity contribution in [2.45, 2.75) is 39.5 Å². The second-order valence-electron chi connectivity index (χ2n) is 10.5. The maximum absolute atomic E-state index is 11.8. The fourth-order valence-electron chi connectivity index (χ4n) is 4.63. The number of aryl methyl sites for hydroxylation is 1. The van der Waals surface area contributed by atoms with Crippen LogP contribution in [0.3, 0.4) is 0 Å². The molecule has 0 saturated carbocycles. The third-order valence-corrected chi connectivity index (χ3v) is 6.86. The molecule has 1 aromatic heterocycles. The number of nitrogens with two attached hydrogens (primary N) is 1. The van der Waals surface area contributed by atoms with E-state index in [1.807, 2.05) is 75.6 Å². The molecule has 0 amide bonds. The van der Waals surface area contributed by atoms with E-state index in [1.54, 1.807) is 38.5 Å². The minimum absolute atomic E-state index is 0.0341. The van der Waals surface area contributed by atoms with E-state index in [-0.39, 0.29) is 11.6 Å². The fourth-order valence-corrected chi connectivity index (χ4v) is 4.63. The van der Waals surface area contributed by atoms with Crippen LogP contribution in [0.5, 0.6) is 11.5 Å². The van der Waals surface area contributed by atoms with Crippen molar-refractivity contribution < 1.29 is 23.7 Å². The van der Waals surface area contributed by atoms with Gasteiger partial charge in [0.15, 0.2) is 11.6 Å². The summed E-state index contributed by atoms with van der Waals surface area (Å²) in [5.41, 5.74) is 9.84. The average Bonchev–Trinajstić information content (AvgIpc) is 3.07. The molecule has 1 heterocycles. The summed E-state index contributed by atoms with van der Waals surface area (Å²) in [6.45, 7) is 5.07. The van der Waals surface area contributed by atoms with E-state index < -0.39 is 0 Å². The lowest BCUT2D eigenvalue weighted by Gasteiger charge is -2.17. The van der Waals surface area contributed by atoms with Crippen LogP contribution in [-0.4, -0.2) is 68.0 Å². The van der Waals surface area contributed by atoms with E-state index in [0.717, 1.165) is 65.3 Å². The van der Waals surface area contributed by atoms with Crippen molar-refractivity contribution in [2.75, 3.05) is 41.5 Å². The number of nitrogen functional groups attached to an aromatic ring is 1. The van der Waals surface area contributed by atoms with Gasteiger partial charge in [0.25, 0.3) is 0 Å². The van der Waals surface area contributed by atoms with Crippen molar-refractivity contribution in [3.63, 3.8) is 0 Å². The van der Waals surface area contributed by atoms with Crippen molar-refractivity contribution in [3.05, 3.63) is 101 Å². The molecule has 0 aliphatic heterocycles. The Balaban J connectivity index is 0.000000201. The number of methoxy groups -OCH3 is 2.